The normalized spacial score (nSPS) is 11.4. The van der Waals surface area contributed by atoms with Crippen molar-refractivity contribution in [3.05, 3.63) is 29.8 Å². The molecule has 6 heteroatoms. The average molecular weight is 288 g/mol. The van der Waals surface area contributed by atoms with Crippen LogP contribution in [0.15, 0.2) is 24.3 Å². The quantitative estimate of drug-likeness (QED) is 0.779. The Morgan fingerprint density at radius 1 is 1.25 bits per heavy atom. The number of benzene rings is 1. The monoisotopic (exact) mass is 288 g/mol. The summed E-state index contributed by atoms with van der Waals surface area (Å²) in [6.07, 6.45) is 0.400. The molecule has 1 rings (SSSR count). The third-order valence-electron chi connectivity index (χ3n) is 2.66. The Morgan fingerprint density at radius 3 is 2.20 bits per heavy atom. The molecule has 1 radical (unpaired) electrons. The Morgan fingerprint density at radius 2 is 1.80 bits per heavy atom. The number of methoxy groups -OCH3 is 1. The van der Waals surface area contributed by atoms with Crippen LogP contribution in [0.3, 0.4) is 0 Å². The van der Waals surface area contributed by atoms with Crippen molar-refractivity contribution in [2.75, 3.05) is 7.11 Å². The van der Waals surface area contributed by atoms with Gasteiger partial charge < -0.3 is 15.2 Å². The van der Waals surface area contributed by atoms with E-state index in [0.29, 0.717) is 17.7 Å². The molecule has 0 bridgehead atoms. The first-order chi connectivity index (χ1) is 8.93. The van der Waals surface area contributed by atoms with Crippen molar-refractivity contribution in [3.8, 4) is 5.75 Å². The molecule has 0 heterocycles. The zero-order chi connectivity index (χ0) is 14.4. The van der Waals surface area contributed by atoms with Crippen LogP contribution >= 0.6 is 0 Å². The second kappa shape index (κ2) is 9.00. The van der Waals surface area contributed by atoms with Gasteiger partial charge in [0.25, 0.3) is 5.91 Å². The summed E-state index contributed by atoms with van der Waals surface area (Å²) in [5.41, 5.74) is 0.413. The predicted octanol–water partition coefficient (Wildman–Crippen LogP) is 1.54. The minimum absolute atomic E-state index is 0. The van der Waals surface area contributed by atoms with Crippen LogP contribution in [-0.4, -0.2) is 59.7 Å². The molecule has 20 heavy (non-hydrogen) atoms. The van der Waals surface area contributed by atoms with Crippen LogP contribution in [0.2, 0.25) is 0 Å². The van der Waals surface area contributed by atoms with Crippen LogP contribution in [-0.2, 0) is 4.79 Å². The maximum Gasteiger partial charge on any atom is 0.326 e. The van der Waals surface area contributed by atoms with Crippen LogP contribution in [0.4, 0.5) is 0 Å². The van der Waals surface area contributed by atoms with Crippen LogP contribution < -0.4 is 10.1 Å². The first-order valence-corrected chi connectivity index (χ1v) is 6.11. The zero-order valence-electron chi connectivity index (χ0n) is 12.3. The van der Waals surface area contributed by atoms with Gasteiger partial charge in [0.15, 0.2) is 0 Å². The van der Waals surface area contributed by atoms with Gasteiger partial charge in [-0.15, -0.1) is 0 Å². The van der Waals surface area contributed by atoms with Crippen molar-refractivity contribution >= 4 is 41.4 Å². The number of ether oxygens (including phenoxy) is 1. The predicted molar refractivity (Wildman–Crippen MR) is 77.1 cm³/mol. The molecule has 1 atom stereocenters. The number of aliphatic carboxylic acids is 1. The average Bonchev–Trinajstić information content (AvgIpc) is 2.37. The van der Waals surface area contributed by atoms with Gasteiger partial charge in [-0.05, 0) is 36.6 Å². The molecule has 5 nitrogen and oxygen atoms in total. The molecule has 0 aromatic heterocycles. The first kappa shape index (κ1) is 19.0. The summed E-state index contributed by atoms with van der Waals surface area (Å²) < 4.78 is 5.00. The van der Waals surface area contributed by atoms with E-state index in [2.05, 4.69) is 5.32 Å². The summed E-state index contributed by atoms with van der Waals surface area (Å²) >= 11 is 0. The maximum absolute atomic E-state index is 11.9. The van der Waals surface area contributed by atoms with E-state index in [1.807, 2.05) is 13.8 Å². The molecule has 1 aromatic carbocycles. The van der Waals surface area contributed by atoms with E-state index in [1.54, 1.807) is 24.3 Å². The smallest absolute Gasteiger partial charge is 0.326 e. The molecule has 0 saturated carbocycles. The zero-order valence-corrected chi connectivity index (χ0v) is 14.3. The Labute approximate surface area is 141 Å². The SMILES string of the molecule is COc1ccc(C(=O)N[C@@H](CC(C)C)C(=O)O)cc1.[Na]. The molecule has 2 N–H and O–H groups in total. The summed E-state index contributed by atoms with van der Waals surface area (Å²) in [6, 6.07) is 5.65. The van der Waals surface area contributed by atoms with Gasteiger partial charge in [0.2, 0.25) is 0 Å². The molecule has 0 spiro atoms. The molecule has 0 aliphatic rings. The first-order valence-electron chi connectivity index (χ1n) is 6.11. The number of hydrogen-bond donors (Lipinski definition) is 2. The molecule has 0 saturated heterocycles. The van der Waals surface area contributed by atoms with Crippen LogP contribution in [0, 0.1) is 5.92 Å². The Bertz CT molecular complexity index is 445. The van der Waals surface area contributed by atoms with Crippen molar-refractivity contribution in [2.45, 2.75) is 26.3 Å². The van der Waals surface area contributed by atoms with Gasteiger partial charge in [-0.3, -0.25) is 4.79 Å². The van der Waals surface area contributed by atoms with Gasteiger partial charge in [0.05, 0.1) is 7.11 Å². The fourth-order valence-corrected chi connectivity index (χ4v) is 1.68. The summed E-state index contributed by atoms with van der Waals surface area (Å²) in [5.74, 6) is -0.572. The number of carboxylic acid groups (broad SMARTS) is 1. The molecule has 1 aromatic rings. The molecule has 105 valence electrons. The second-order valence-corrected chi connectivity index (χ2v) is 4.72. The third kappa shape index (κ3) is 5.94. The van der Waals surface area contributed by atoms with Gasteiger partial charge in [0.1, 0.15) is 11.8 Å². The molecular formula is C14H19NNaO4. The van der Waals surface area contributed by atoms with E-state index in [9.17, 15) is 9.59 Å². The number of carbonyl (C=O) groups excluding carboxylic acids is 1. The van der Waals surface area contributed by atoms with E-state index in [1.165, 1.54) is 7.11 Å². The number of rotatable bonds is 6. The van der Waals surface area contributed by atoms with Gasteiger partial charge in [-0.2, -0.15) is 0 Å². The van der Waals surface area contributed by atoms with E-state index >= 15 is 0 Å². The second-order valence-electron chi connectivity index (χ2n) is 4.72. The van der Waals surface area contributed by atoms with E-state index in [0.717, 1.165) is 0 Å². The Balaban J connectivity index is 0.00000361. The molecular weight excluding hydrogens is 269 g/mol. The van der Waals surface area contributed by atoms with Crippen molar-refractivity contribution in [2.24, 2.45) is 5.92 Å². The van der Waals surface area contributed by atoms with Gasteiger partial charge in [-0.1, -0.05) is 13.8 Å². The summed E-state index contributed by atoms with van der Waals surface area (Å²) in [7, 11) is 1.54. The fraction of sp³-hybridized carbons (Fsp3) is 0.429. The number of carbonyl (C=O) groups is 2. The Hall–Kier alpha value is -1.04. The van der Waals surface area contributed by atoms with Crippen LogP contribution in [0.25, 0.3) is 0 Å². The summed E-state index contributed by atoms with van der Waals surface area (Å²) in [5, 5.41) is 11.6. The minimum atomic E-state index is -1.02. The molecule has 0 fully saturated rings. The third-order valence-corrected chi connectivity index (χ3v) is 2.66. The van der Waals surface area contributed by atoms with E-state index in [4.69, 9.17) is 9.84 Å². The van der Waals surface area contributed by atoms with Gasteiger partial charge in [0, 0.05) is 35.1 Å². The number of nitrogens with one attached hydrogen (secondary N) is 1. The van der Waals surface area contributed by atoms with Gasteiger partial charge in [-0.25, -0.2) is 4.79 Å². The van der Waals surface area contributed by atoms with Crippen LogP contribution in [0.1, 0.15) is 30.6 Å². The van der Waals surface area contributed by atoms with Gasteiger partial charge >= 0.3 is 5.97 Å². The van der Waals surface area contributed by atoms with Crippen molar-refractivity contribution in [1.82, 2.24) is 5.32 Å². The number of carboxylic acids is 1. The summed E-state index contributed by atoms with van der Waals surface area (Å²) in [4.78, 5) is 23.0. The topological polar surface area (TPSA) is 75.6 Å². The van der Waals surface area contributed by atoms with Crippen molar-refractivity contribution < 1.29 is 19.4 Å². The largest absolute Gasteiger partial charge is 0.497 e. The molecule has 0 aliphatic heterocycles. The Kier molecular flexibility index (Phi) is 8.53. The number of hydrogen-bond acceptors (Lipinski definition) is 3. The summed E-state index contributed by atoms with van der Waals surface area (Å²) in [6.45, 7) is 3.82. The maximum atomic E-state index is 11.9. The number of amides is 1. The molecule has 0 aliphatic carbocycles. The van der Waals surface area contributed by atoms with E-state index < -0.39 is 17.9 Å². The van der Waals surface area contributed by atoms with Crippen molar-refractivity contribution in [3.63, 3.8) is 0 Å². The fourth-order valence-electron chi connectivity index (χ4n) is 1.68. The van der Waals surface area contributed by atoms with Crippen molar-refractivity contribution in [1.29, 1.82) is 0 Å². The standard InChI is InChI=1S/C14H19NO4.Na/c1-9(2)8-12(14(17)18)15-13(16)10-4-6-11(19-3)7-5-10;/h4-7,9,12H,8H2,1-3H3,(H,15,16)(H,17,18);/t12-;/m0./s1. The molecule has 0 unspecified atom stereocenters. The van der Waals surface area contributed by atoms with Crippen LogP contribution in [0.5, 0.6) is 5.75 Å². The van der Waals surface area contributed by atoms with E-state index in [-0.39, 0.29) is 35.5 Å². The minimum Gasteiger partial charge on any atom is -0.497 e. The molecule has 1 amide bonds.